The number of esters is 1. The number of amides is 2. The summed E-state index contributed by atoms with van der Waals surface area (Å²) in [6.07, 6.45) is 3.02. The Morgan fingerprint density at radius 3 is 2.13 bits per heavy atom. The fourth-order valence-corrected chi connectivity index (χ4v) is 9.47. The van der Waals surface area contributed by atoms with E-state index in [4.69, 9.17) is 31.0 Å². The summed E-state index contributed by atoms with van der Waals surface area (Å²) in [5.74, 6) is -0.841. The van der Waals surface area contributed by atoms with Gasteiger partial charge in [0.05, 0.1) is 19.0 Å². The first-order chi connectivity index (χ1) is 29.3. The van der Waals surface area contributed by atoms with Gasteiger partial charge in [0, 0.05) is 17.0 Å². The molecule has 6 aromatic rings. The molecule has 60 heavy (non-hydrogen) atoms. The smallest absolute Gasteiger partial charge is 0.355 e. The van der Waals surface area contributed by atoms with E-state index in [0.717, 1.165) is 22.3 Å². The normalized spacial score (nSPS) is 16.4. The van der Waals surface area contributed by atoms with Gasteiger partial charge in [-0.25, -0.2) is 14.8 Å². The minimum Gasteiger partial charge on any atom is -0.497 e. The molecule has 4 heterocycles. The number of alkyl halides is 1. The van der Waals surface area contributed by atoms with Gasteiger partial charge in [-0.2, -0.15) is 0 Å². The average molecular weight is 860 g/mol. The van der Waals surface area contributed by atoms with Crippen LogP contribution in [0.3, 0.4) is 0 Å². The van der Waals surface area contributed by atoms with Crippen LogP contribution in [-0.2, 0) is 31.3 Å². The number of anilines is 1. The van der Waals surface area contributed by atoms with E-state index in [1.54, 1.807) is 49.9 Å². The van der Waals surface area contributed by atoms with Crippen molar-refractivity contribution in [2.45, 2.75) is 30.5 Å². The third-order valence-corrected chi connectivity index (χ3v) is 12.4. The maximum absolute atomic E-state index is 14.3. The Morgan fingerprint density at radius 1 is 0.933 bits per heavy atom. The number of carbonyl (C=O) groups is 3. The van der Waals surface area contributed by atoms with Gasteiger partial charge in [0.15, 0.2) is 10.8 Å². The Kier molecular flexibility index (Phi) is 12.0. The summed E-state index contributed by atoms with van der Waals surface area (Å²) in [7, 11) is 1.57. The molecule has 2 aromatic heterocycles. The van der Waals surface area contributed by atoms with Crippen LogP contribution in [0.1, 0.15) is 33.6 Å². The van der Waals surface area contributed by atoms with Gasteiger partial charge in [-0.3, -0.25) is 19.4 Å². The second-order valence-electron chi connectivity index (χ2n) is 13.8. The number of oxime groups is 1. The predicted molar refractivity (Wildman–Crippen MR) is 231 cm³/mol. The molecule has 0 bridgehead atoms. The van der Waals surface area contributed by atoms with Crippen molar-refractivity contribution in [3.63, 3.8) is 0 Å². The first-order valence-corrected chi connectivity index (χ1v) is 21.3. The van der Waals surface area contributed by atoms with Crippen LogP contribution in [0.15, 0.2) is 150 Å². The lowest BCUT2D eigenvalue weighted by Crippen LogP contribution is -2.71. The van der Waals surface area contributed by atoms with Crippen LogP contribution in [0.5, 0.6) is 5.75 Å². The highest BCUT2D eigenvalue weighted by atomic mass is 35.5. The number of thiazole rings is 1. The zero-order valence-corrected chi connectivity index (χ0v) is 34.7. The van der Waals surface area contributed by atoms with Gasteiger partial charge >= 0.3 is 5.97 Å². The van der Waals surface area contributed by atoms with Gasteiger partial charge in [-0.05, 0) is 52.0 Å². The molecule has 0 unspecified atom stereocenters. The summed E-state index contributed by atoms with van der Waals surface area (Å²) in [6.45, 7) is 1.77. The maximum atomic E-state index is 14.3. The molecule has 13 nitrogen and oxygen atoms in total. The topological polar surface area (TPSA) is 149 Å². The third-order valence-electron chi connectivity index (χ3n) is 10.0. The van der Waals surface area contributed by atoms with Crippen molar-refractivity contribution in [1.29, 1.82) is 0 Å². The summed E-state index contributed by atoms with van der Waals surface area (Å²) in [5.41, 5.74) is 4.10. The lowest BCUT2D eigenvalue weighted by molar-refractivity contribution is -0.153. The van der Waals surface area contributed by atoms with E-state index in [-0.39, 0.29) is 29.6 Å². The molecule has 0 spiro atoms. The highest BCUT2D eigenvalue weighted by Gasteiger charge is 2.54. The van der Waals surface area contributed by atoms with Gasteiger partial charge in [0.25, 0.3) is 11.8 Å². The number of nitrogens with one attached hydrogen (secondary N) is 2. The molecule has 1 saturated heterocycles. The summed E-state index contributed by atoms with van der Waals surface area (Å²) < 4.78 is 12.1. The van der Waals surface area contributed by atoms with Crippen molar-refractivity contribution in [2.75, 3.05) is 24.1 Å². The van der Waals surface area contributed by atoms with Gasteiger partial charge < -0.3 is 20.1 Å². The number of ether oxygens (including phenoxy) is 2. The number of thioether (sulfide) groups is 1. The minimum absolute atomic E-state index is 0.0220. The number of rotatable bonds is 15. The molecule has 0 radical (unpaired) electrons. The zero-order valence-electron chi connectivity index (χ0n) is 32.4. The van der Waals surface area contributed by atoms with E-state index in [2.05, 4.69) is 57.2 Å². The zero-order chi connectivity index (χ0) is 41.6. The molecule has 0 aliphatic carbocycles. The SMILES string of the molecule is COc1ccc(COC(=O)C2=C(CCl)CS[C@@H]3[C@H](NC(=O)/C(=N\On4cnc(C)c4)c4csc(NC(c5ccccc5)(c5ccccc5)c5ccccc5)n4)C(=O)N23)cc1. The largest absolute Gasteiger partial charge is 0.497 e. The van der Waals surface area contributed by atoms with Gasteiger partial charge in [-0.1, -0.05) is 103 Å². The second-order valence-corrected chi connectivity index (χ2v) is 16.0. The molecule has 2 atom stereocenters. The van der Waals surface area contributed by atoms with Crippen molar-refractivity contribution in [3.8, 4) is 5.75 Å². The fraction of sp³-hybridized carbons (Fsp3) is 0.182. The van der Waals surface area contributed by atoms with Crippen molar-refractivity contribution >= 4 is 63.3 Å². The quantitative estimate of drug-likeness (QED) is 0.0292. The number of β-lactam (4-membered cyclic amide) rings is 1. The Hall–Kier alpha value is -6.42. The average Bonchev–Trinajstić information content (AvgIpc) is 3.95. The summed E-state index contributed by atoms with van der Waals surface area (Å²) in [5, 5.41) is 12.4. The van der Waals surface area contributed by atoms with Crippen LogP contribution < -0.4 is 20.3 Å². The molecule has 2 aliphatic heterocycles. The number of halogens is 1. The van der Waals surface area contributed by atoms with Gasteiger partial charge in [-0.15, -0.1) is 39.4 Å². The van der Waals surface area contributed by atoms with E-state index < -0.39 is 34.7 Å². The molecule has 1 fully saturated rings. The first kappa shape index (κ1) is 40.4. The number of aromatic nitrogens is 3. The van der Waals surface area contributed by atoms with Crippen molar-refractivity contribution in [2.24, 2.45) is 5.16 Å². The van der Waals surface area contributed by atoms with Crippen LogP contribution in [0.25, 0.3) is 0 Å². The number of nitrogens with zero attached hydrogens (tertiary/aromatic N) is 5. The van der Waals surface area contributed by atoms with Crippen LogP contribution in [0, 0.1) is 6.92 Å². The van der Waals surface area contributed by atoms with Crippen LogP contribution >= 0.6 is 34.7 Å². The molecule has 304 valence electrons. The number of hydrogen-bond donors (Lipinski definition) is 2. The Morgan fingerprint density at radius 2 is 1.57 bits per heavy atom. The van der Waals surface area contributed by atoms with Gasteiger partial charge in [0.1, 0.15) is 47.0 Å². The van der Waals surface area contributed by atoms with Crippen LogP contribution in [-0.4, -0.2) is 73.3 Å². The third kappa shape index (κ3) is 8.11. The molecule has 2 aliphatic rings. The standard InChI is InChI=1S/C44H38ClN7O6S2/c1-28-23-51(27-46-28)58-50-36(35-26-60-43(47-35)49-44(31-12-6-3-7-13-31,32-14-8-4-9-15-32)33-16-10-5-11-17-33)39(53)48-37-40(54)52-38(30(22-45)25-59-41(37)52)42(55)57-24-29-18-20-34(56-2)21-19-29/h3-21,23,26-27,37,41H,22,24-25H2,1-2H3,(H,47,49)(H,48,53)/b50-36-/t37-,41-/m1/s1. The van der Waals surface area contributed by atoms with E-state index in [1.165, 1.54) is 39.1 Å². The number of fused-ring (bicyclic) bond motifs is 1. The van der Waals surface area contributed by atoms with Gasteiger partial charge in [0.2, 0.25) is 0 Å². The first-order valence-electron chi connectivity index (χ1n) is 18.8. The number of carbonyl (C=O) groups excluding carboxylic acids is 3. The maximum Gasteiger partial charge on any atom is 0.355 e. The Balaban J connectivity index is 1.06. The van der Waals surface area contributed by atoms with Crippen molar-refractivity contribution in [1.82, 2.24) is 24.9 Å². The van der Waals surface area contributed by atoms with Crippen LogP contribution in [0.4, 0.5) is 5.13 Å². The minimum atomic E-state index is -0.998. The molecule has 4 aromatic carbocycles. The molecule has 16 heteroatoms. The van der Waals surface area contributed by atoms with Crippen LogP contribution in [0.2, 0.25) is 0 Å². The second kappa shape index (κ2) is 17.8. The molecule has 2 N–H and O–H groups in total. The van der Waals surface area contributed by atoms with E-state index in [0.29, 0.717) is 27.9 Å². The van der Waals surface area contributed by atoms with Crippen molar-refractivity contribution < 1.29 is 28.8 Å². The number of imidazole rings is 1. The molecule has 2 amide bonds. The van der Waals surface area contributed by atoms with Crippen molar-refractivity contribution in [3.05, 3.63) is 178 Å². The number of aryl methyl sites for hydroxylation is 1. The highest BCUT2D eigenvalue weighted by Crippen LogP contribution is 2.42. The molecular formula is C44H38ClN7O6S2. The predicted octanol–water partition coefficient (Wildman–Crippen LogP) is 6.53. The van der Waals surface area contributed by atoms with E-state index >= 15 is 0 Å². The monoisotopic (exact) mass is 859 g/mol. The number of methoxy groups -OCH3 is 1. The number of benzene rings is 4. The Labute approximate surface area is 359 Å². The Bertz CT molecular complexity index is 2450. The lowest BCUT2D eigenvalue weighted by atomic mass is 9.77. The summed E-state index contributed by atoms with van der Waals surface area (Å²) >= 11 is 8.94. The fourth-order valence-electron chi connectivity index (χ4n) is 7.04. The van der Waals surface area contributed by atoms with E-state index in [1.807, 2.05) is 54.6 Å². The highest BCUT2D eigenvalue weighted by molar-refractivity contribution is 8.00. The molecular weight excluding hydrogens is 822 g/mol. The summed E-state index contributed by atoms with van der Waals surface area (Å²) in [6, 6.07) is 36.3. The summed E-state index contributed by atoms with van der Waals surface area (Å²) in [4.78, 5) is 57.7. The molecule has 8 rings (SSSR count). The lowest BCUT2D eigenvalue weighted by Gasteiger charge is -2.49. The number of hydrogen-bond acceptors (Lipinski definition) is 12. The molecule has 0 saturated carbocycles. The van der Waals surface area contributed by atoms with E-state index in [9.17, 15) is 14.4 Å².